The van der Waals surface area contributed by atoms with Gasteiger partial charge in [-0.3, -0.25) is 0 Å². The molecule has 0 saturated heterocycles. The summed E-state index contributed by atoms with van der Waals surface area (Å²) >= 11 is 0. The summed E-state index contributed by atoms with van der Waals surface area (Å²) in [5.41, 5.74) is 1.13. The van der Waals surface area contributed by atoms with E-state index in [4.69, 9.17) is 9.47 Å². The van der Waals surface area contributed by atoms with Crippen LogP contribution in [0.3, 0.4) is 0 Å². The Balaban J connectivity index is 2.89. The lowest BCUT2D eigenvalue weighted by molar-refractivity contribution is 0.173. The van der Waals surface area contributed by atoms with Crippen LogP contribution >= 0.6 is 0 Å². The van der Waals surface area contributed by atoms with Crippen molar-refractivity contribution in [3.63, 3.8) is 0 Å². The molecule has 0 fully saturated rings. The molecule has 72 valence electrons. The molecule has 1 aromatic carbocycles. The van der Waals surface area contributed by atoms with E-state index >= 15 is 0 Å². The fourth-order valence-electron chi connectivity index (χ4n) is 1.17. The highest BCUT2D eigenvalue weighted by Crippen LogP contribution is 2.14. The van der Waals surface area contributed by atoms with E-state index in [2.05, 4.69) is 0 Å². The van der Waals surface area contributed by atoms with Gasteiger partial charge >= 0.3 is 0 Å². The Kier molecular flexibility index (Phi) is 3.86. The third kappa shape index (κ3) is 2.50. The van der Waals surface area contributed by atoms with Crippen molar-refractivity contribution in [3.8, 4) is 0 Å². The van der Waals surface area contributed by atoms with Gasteiger partial charge in [0.1, 0.15) is 5.82 Å². The molecule has 1 rings (SSSR count). The smallest absolute Gasteiger partial charge is 0.134 e. The fraction of sp³-hybridized carbons (Fsp3) is 0.400. The van der Waals surface area contributed by atoms with Crippen LogP contribution in [-0.2, 0) is 22.7 Å². The normalized spacial score (nSPS) is 10.4. The topological polar surface area (TPSA) is 18.5 Å². The van der Waals surface area contributed by atoms with E-state index in [-0.39, 0.29) is 5.82 Å². The molecule has 0 N–H and O–H groups in total. The zero-order chi connectivity index (χ0) is 9.68. The molecule has 1 aromatic rings. The van der Waals surface area contributed by atoms with Crippen molar-refractivity contribution in [2.24, 2.45) is 0 Å². The summed E-state index contributed by atoms with van der Waals surface area (Å²) < 4.78 is 23.2. The second kappa shape index (κ2) is 4.94. The van der Waals surface area contributed by atoms with E-state index in [1.54, 1.807) is 32.4 Å². The van der Waals surface area contributed by atoms with Crippen LogP contribution < -0.4 is 0 Å². The Morgan fingerprint density at radius 2 is 1.54 bits per heavy atom. The van der Waals surface area contributed by atoms with Crippen LogP contribution in [0.2, 0.25) is 0 Å². The SMILES string of the molecule is COCc1cccc(COC)c1F. The maximum Gasteiger partial charge on any atom is 0.134 e. The minimum absolute atomic E-state index is 0.230. The molecule has 0 heterocycles. The molecule has 0 unspecified atom stereocenters. The second-order valence-corrected chi connectivity index (χ2v) is 2.76. The lowest BCUT2D eigenvalue weighted by Crippen LogP contribution is -1.98. The Morgan fingerprint density at radius 3 is 1.92 bits per heavy atom. The van der Waals surface area contributed by atoms with Gasteiger partial charge in [-0.1, -0.05) is 18.2 Å². The van der Waals surface area contributed by atoms with Gasteiger partial charge in [-0.05, 0) is 0 Å². The summed E-state index contributed by atoms with van der Waals surface area (Å²) in [5, 5.41) is 0. The summed E-state index contributed by atoms with van der Waals surface area (Å²) in [4.78, 5) is 0. The Hall–Kier alpha value is -0.930. The molecule has 0 amide bonds. The van der Waals surface area contributed by atoms with Gasteiger partial charge in [-0.15, -0.1) is 0 Å². The first-order valence-electron chi connectivity index (χ1n) is 4.03. The number of benzene rings is 1. The zero-order valence-corrected chi connectivity index (χ0v) is 7.84. The number of rotatable bonds is 4. The van der Waals surface area contributed by atoms with Crippen molar-refractivity contribution in [1.29, 1.82) is 0 Å². The number of hydrogen-bond donors (Lipinski definition) is 0. The van der Waals surface area contributed by atoms with E-state index in [1.807, 2.05) is 0 Å². The van der Waals surface area contributed by atoms with Crippen LogP contribution in [-0.4, -0.2) is 14.2 Å². The largest absolute Gasteiger partial charge is 0.380 e. The van der Waals surface area contributed by atoms with Crippen molar-refractivity contribution in [3.05, 3.63) is 35.1 Å². The van der Waals surface area contributed by atoms with Gasteiger partial charge in [-0.25, -0.2) is 4.39 Å². The van der Waals surface area contributed by atoms with Crippen LogP contribution in [0.25, 0.3) is 0 Å². The highest BCUT2D eigenvalue weighted by atomic mass is 19.1. The molecule has 0 atom stereocenters. The number of methoxy groups -OCH3 is 2. The van der Waals surface area contributed by atoms with Gasteiger partial charge < -0.3 is 9.47 Å². The van der Waals surface area contributed by atoms with Crippen LogP contribution in [0.15, 0.2) is 18.2 Å². The van der Waals surface area contributed by atoms with Crippen LogP contribution in [0.4, 0.5) is 4.39 Å². The molecule has 13 heavy (non-hydrogen) atoms. The van der Waals surface area contributed by atoms with E-state index in [0.29, 0.717) is 24.3 Å². The monoisotopic (exact) mass is 184 g/mol. The molecule has 0 saturated carbocycles. The van der Waals surface area contributed by atoms with Crippen LogP contribution in [0.5, 0.6) is 0 Å². The average molecular weight is 184 g/mol. The first-order valence-corrected chi connectivity index (χ1v) is 4.03. The highest BCUT2D eigenvalue weighted by Gasteiger charge is 2.06. The Morgan fingerprint density at radius 1 is 1.08 bits per heavy atom. The molecule has 0 radical (unpaired) electrons. The third-order valence-corrected chi connectivity index (χ3v) is 1.76. The highest BCUT2D eigenvalue weighted by molar-refractivity contribution is 5.25. The quantitative estimate of drug-likeness (QED) is 0.713. The van der Waals surface area contributed by atoms with Gasteiger partial charge in [0, 0.05) is 25.3 Å². The van der Waals surface area contributed by atoms with Crippen molar-refractivity contribution in [1.82, 2.24) is 0 Å². The zero-order valence-electron chi connectivity index (χ0n) is 7.84. The molecule has 0 aliphatic heterocycles. The summed E-state index contributed by atoms with van der Waals surface area (Å²) in [6, 6.07) is 5.21. The second-order valence-electron chi connectivity index (χ2n) is 2.76. The first kappa shape index (κ1) is 10.2. The Bertz CT molecular complexity index is 249. The van der Waals surface area contributed by atoms with Gasteiger partial charge in [0.2, 0.25) is 0 Å². The van der Waals surface area contributed by atoms with E-state index in [1.165, 1.54) is 0 Å². The predicted molar refractivity (Wildman–Crippen MR) is 47.8 cm³/mol. The Labute approximate surface area is 77.3 Å². The molecular formula is C10H13FO2. The van der Waals surface area contributed by atoms with Crippen molar-refractivity contribution >= 4 is 0 Å². The number of hydrogen-bond acceptors (Lipinski definition) is 2. The van der Waals surface area contributed by atoms with E-state index in [0.717, 1.165) is 0 Å². The molecule has 2 nitrogen and oxygen atoms in total. The standard InChI is InChI=1S/C10H13FO2/c1-12-6-8-4-3-5-9(7-13-2)10(8)11/h3-5H,6-7H2,1-2H3. The first-order chi connectivity index (χ1) is 6.29. The maximum atomic E-state index is 13.5. The lowest BCUT2D eigenvalue weighted by atomic mass is 10.1. The molecule has 3 heteroatoms. The van der Waals surface area contributed by atoms with Crippen molar-refractivity contribution in [2.75, 3.05) is 14.2 Å². The summed E-state index contributed by atoms with van der Waals surface area (Å²) in [7, 11) is 3.09. The van der Waals surface area contributed by atoms with E-state index in [9.17, 15) is 4.39 Å². The lowest BCUT2D eigenvalue weighted by Gasteiger charge is -2.06. The predicted octanol–water partition coefficient (Wildman–Crippen LogP) is 2.12. The minimum Gasteiger partial charge on any atom is -0.380 e. The maximum absolute atomic E-state index is 13.5. The van der Waals surface area contributed by atoms with Gasteiger partial charge in [-0.2, -0.15) is 0 Å². The minimum atomic E-state index is -0.230. The van der Waals surface area contributed by atoms with Gasteiger partial charge in [0.15, 0.2) is 0 Å². The molecule has 0 aromatic heterocycles. The molecular weight excluding hydrogens is 171 g/mol. The van der Waals surface area contributed by atoms with E-state index < -0.39 is 0 Å². The van der Waals surface area contributed by atoms with Crippen molar-refractivity contribution < 1.29 is 13.9 Å². The molecule has 0 spiro atoms. The molecule has 0 aliphatic carbocycles. The number of halogens is 1. The van der Waals surface area contributed by atoms with Crippen LogP contribution in [0, 0.1) is 5.82 Å². The van der Waals surface area contributed by atoms with Gasteiger partial charge in [0.05, 0.1) is 13.2 Å². The molecule has 0 bridgehead atoms. The third-order valence-electron chi connectivity index (χ3n) is 1.76. The van der Waals surface area contributed by atoms with Crippen molar-refractivity contribution in [2.45, 2.75) is 13.2 Å². The van der Waals surface area contributed by atoms with Gasteiger partial charge in [0.25, 0.3) is 0 Å². The number of ether oxygens (including phenoxy) is 2. The average Bonchev–Trinajstić information content (AvgIpc) is 2.13. The fourth-order valence-corrected chi connectivity index (χ4v) is 1.17. The van der Waals surface area contributed by atoms with Crippen LogP contribution in [0.1, 0.15) is 11.1 Å². The summed E-state index contributed by atoms with van der Waals surface area (Å²) in [6.45, 7) is 0.590. The molecule has 0 aliphatic rings. The summed E-state index contributed by atoms with van der Waals surface area (Å²) in [5.74, 6) is -0.230. The summed E-state index contributed by atoms with van der Waals surface area (Å²) in [6.07, 6.45) is 0.